The Hall–Kier alpha value is -1.88. The van der Waals surface area contributed by atoms with Crippen LogP contribution in [0.1, 0.15) is 24.8 Å². The summed E-state index contributed by atoms with van der Waals surface area (Å²) in [5.41, 5.74) is 1.07. The highest BCUT2D eigenvalue weighted by Crippen LogP contribution is 2.27. The topological polar surface area (TPSA) is 70.2 Å². The van der Waals surface area contributed by atoms with Gasteiger partial charge in [-0.05, 0) is 30.9 Å². The smallest absolute Gasteiger partial charge is 0.233 e. The fourth-order valence-corrected chi connectivity index (χ4v) is 1.97. The third kappa shape index (κ3) is 6.90. The lowest BCUT2D eigenvalue weighted by atomic mass is 10.2. The second kappa shape index (κ2) is 8.42. The highest BCUT2D eigenvalue weighted by molar-refractivity contribution is 5.80. The summed E-state index contributed by atoms with van der Waals surface area (Å²) in [5.74, 6) is 0.665. The molecule has 3 N–H and O–H groups in total. The molecule has 21 heavy (non-hydrogen) atoms. The number of hydrogen-bond acceptors (Lipinski definition) is 3. The van der Waals surface area contributed by atoms with E-state index in [4.69, 9.17) is 0 Å². The van der Waals surface area contributed by atoms with E-state index in [0.717, 1.165) is 18.0 Å². The number of carbonyl (C=O) groups is 2. The van der Waals surface area contributed by atoms with Crippen molar-refractivity contribution in [2.24, 2.45) is 5.92 Å². The molecule has 1 aromatic rings. The maximum absolute atomic E-state index is 11.6. The molecule has 2 amide bonds. The van der Waals surface area contributed by atoms with Crippen LogP contribution in [0.4, 0.5) is 0 Å². The largest absolute Gasteiger partial charge is 0.354 e. The first kappa shape index (κ1) is 15.5. The molecule has 5 nitrogen and oxygen atoms in total. The molecule has 1 aliphatic rings. The van der Waals surface area contributed by atoms with Crippen molar-refractivity contribution in [2.45, 2.75) is 25.8 Å². The van der Waals surface area contributed by atoms with Crippen LogP contribution < -0.4 is 16.0 Å². The van der Waals surface area contributed by atoms with Crippen LogP contribution in [-0.2, 0) is 16.1 Å². The zero-order valence-electron chi connectivity index (χ0n) is 12.2. The van der Waals surface area contributed by atoms with Gasteiger partial charge in [-0.1, -0.05) is 30.3 Å². The van der Waals surface area contributed by atoms with Crippen molar-refractivity contribution in [2.75, 3.05) is 19.6 Å². The number of carbonyl (C=O) groups excluding carboxylic acids is 2. The monoisotopic (exact) mass is 289 g/mol. The van der Waals surface area contributed by atoms with Gasteiger partial charge < -0.3 is 16.0 Å². The Morgan fingerprint density at radius 3 is 2.52 bits per heavy atom. The number of amides is 2. The summed E-state index contributed by atoms with van der Waals surface area (Å²) < 4.78 is 0. The van der Waals surface area contributed by atoms with Crippen LogP contribution in [0.2, 0.25) is 0 Å². The molecule has 0 aliphatic heterocycles. The normalized spacial score (nSPS) is 13.7. The Morgan fingerprint density at radius 1 is 1.05 bits per heavy atom. The summed E-state index contributed by atoms with van der Waals surface area (Å²) in [4.78, 5) is 23.1. The van der Waals surface area contributed by atoms with Crippen LogP contribution in [0.15, 0.2) is 30.3 Å². The molecule has 1 aliphatic carbocycles. The quantitative estimate of drug-likeness (QED) is 0.630. The Labute approximate surface area is 125 Å². The molecule has 1 aromatic carbocycles. The molecule has 0 spiro atoms. The summed E-state index contributed by atoms with van der Waals surface area (Å²) in [6.07, 6.45) is 2.85. The van der Waals surface area contributed by atoms with E-state index in [1.807, 2.05) is 30.3 Å². The van der Waals surface area contributed by atoms with Gasteiger partial charge in [-0.25, -0.2) is 0 Å². The zero-order valence-corrected chi connectivity index (χ0v) is 12.2. The molecule has 2 rings (SSSR count). The Balaban J connectivity index is 1.49. The molecular weight excluding hydrogens is 266 g/mol. The zero-order chi connectivity index (χ0) is 14.9. The molecule has 0 aromatic heterocycles. The van der Waals surface area contributed by atoms with Crippen LogP contribution in [0, 0.1) is 5.92 Å². The molecule has 0 radical (unpaired) electrons. The van der Waals surface area contributed by atoms with Crippen molar-refractivity contribution in [3.8, 4) is 0 Å². The maximum Gasteiger partial charge on any atom is 0.233 e. The van der Waals surface area contributed by atoms with Crippen molar-refractivity contribution in [3.63, 3.8) is 0 Å². The third-order valence-corrected chi connectivity index (χ3v) is 3.42. The molecule has 114 valence electrons. The van der Waals surface area contributed by atoms with E-state index in [1.54, 1.807) is 0 Å². The van der Waals surface area contributed by atoms with Crippen molar-refractivity contribution in [1.82, 2.24) is 16.0 Å². The molecule has 0 saturated heterocycles. The fraction of sp³-hybridized carbons (Fsp3) is 0.500. The maximum atomic E-state index is 11.6. The molecule has 1 fully saturated rings. The van der Waals surface area contributed by atoms with E-state index in [0.29, 0.717) is 26.1 Å². The third-order valence-electron chi connectivity index (χ3n) is 3.42. The second-order valence-corrected chi connectivity index (χ2v) is 5.44. The summed E-state index contributed by atoms with van der Waals surface area (Å²) in [6, 6.07) is 9.76. The minimum Gasteiger partial charge on any atom is -0.354 e. The highest BCUT2D eigenvalue weighted by atomic mass is 16.2. The van der Waals surface area contributed by atoms with E-state index < -0.39 is 0 Å². The van der Waals surface area contributed by atoms with Gasteiger partial charge in [0.2, 0.25) is 11.8 Å². The molecule has 0 heterocycles. The van der Waals surface area contributed by atoms with Crippen LogP contribution in [0.3, 0.4) is 0 Å². The number of rotatable bonds is 9. The highest BCUT2D eigenvalue weighted by Gasteiger charge is 2.20. The van der Waals surface area contributed by atoms with Gasteiger partial charge >= 0.3 is 0 Å². The van der Waals surface area contributed by atoms with Crippen molar-refractivity contribution >= 4 is 11.8 Å². The van der Waals surface area contributed by atoms with Gasteiger partial charge in [0.15, 0.2) is 0 Å². The standard InChI is InChI=1S/C16H23N3O2/c20-15(19-11-13-4-2-1-3-5-13)8-9-18-16(21)12-17-10-14-6-7-14/h1-5,14,17H,6-12H2,(H,18,21)(H,19,20). The Bertz CT molecular complexity index is 458. The lowest BCUT2D eigenvalue weighted by molar-refractivity contribution is -0.122. The van der Waals surface area contributed by atoms with Gasteiger partial charge in [-0.15, -0.1) is 0 Å². The van der Waals surface area contributed by atoms with E-state index >= 15 is 0 Å². The number of nitrogens with one attached hydrogen (secondary N) is 3. The van der Waals surface area contributed by atoms with E-state index in [1.165, 1.54) is 12.8 Å². The lowest BCUT2D eigenvalue weighted by Crippen LogP contribution is -2.36. The minimum atomic E-state index is -0.0508. The van der Waals surface area contributed by atoms with Gasteiger partial charge in [0.1, 0.15) is 0 Å². The van der Waals surface area contributed by atoms with Gasteiger partial charge in [0, 0.05) is 19.5 Å². The van der Waals surface area contributed by atoms with Crippen LogP contribution in [0.25, 0.3) is 0 Å². The molecule has 0 atom stereocenters. The van der Waals surface area contributed by atoms with Crippen LogP contribution in [-0.4, -0.2) is 31.4 Å². The molecule has 1 saturated carbocycles. The predicted molar refractivity (Wildman–Crippen MR) is 81.5 cm³/mol. The molecular formula is C16H23N3O2. The summed E-state index contributed by atoms with van der Waals surface area (Å²) in [7, 11) is 0. The molecule has 0 unspecified atom stereocenters. The van der Waals surface area contributed by atoms with Gasteiger partial charge in [0.05, 0.1) is 6.54 Å². The van der Waals surface area contributed by atoms with Crippen LogP contribution in [0.5, 0.6) is 0 Å². The van der Waals surface area contributed by atoms with Crippen LogP contribution >= 0.6 is 0 Å². The lowest BCUT2D eigenvalue weighted by Gasteiger charge is -2.07. The average Bonchev–Trinajstić information content (AvgIpc) is 3.30. The van der Waals surface area contributed by atoms with Crippen molar-refractivity contribution in [1.29, 1.82) is 0 Å². The number of hydrogen-bond donors (Lipinski definition) is 3. The Kier molecular flexibility index (Phi) is 6.22. The van der Waals surface area contributed by atoms with Gasteiger partial charge in [-0.2, -0.15) is 0 Å². The first-order valence-electron chi connectivity index (χ1n) is 7.52. The second-order valence-electron chi connectivity index (χ2n) is 5.44. The van der Waals surface area contributed by atoms with E-state index in [2.05, 4.69) is 16.0 Å². The number of benzene rings is 1. The first-order valence-corrected chi connectivity index (χ1v) is 7.52. The predicted octanol–water partition coefficient (Wildman–Crippen LogP) is 0.809. The van der Waals surface area contributed by atoms with Crippen molar-refractivity contribution < 1.29 is 9.59 Å². The van der Waals surface area contributed by atoms with Gasteiger partial charge in [0.25, 0.3) is 0 Å². The van der Waals surface area contributed by atoms with Crippen molar-refractivity contribution in [3.05, 3.63) is 35.9 Å². The molecule has 0 bridgehead atoms. The van der Waals surface area contributed by atoms with E-state index in [-0.39, 0.29) is 11.8 Å². The Morgan fingerprint density at radius 2 is 1.81 bits per heavy atom. The first-order chi connectivity index (χ1) is 10.2. The van der Waals surface area contributed by atoms with E-state index in [9.17, 15) is 9.59 Å². The average molecular weight is 289 g/mol. The summed E-state index contributed by atoms with van der Waals surface area (Å²) >= 11 is 0. The SMILES string of the molecule is O=C(CCNC(=O)CNCC1CC1)NCc1ccccc1. The van der Waals surface area contributed by atoms with Gasteiger partial charge in [-0.3, -0.25) is 9.59 Å². The summed E-state index contributed by atoms with van der Waals surface area (Å²) in [5, 5.41) is 8.70. The molecule has 5 heteroatoms. The fourth-order valence-electron chi connectivity index (χ4n) is 1.97. The minimum absolute atomic E-state index is 0.0495. The summed E-state index contributed by atoms with van der Waals surface area (Å²) in [6.45, 7) is 2.16.